The van der Waals surface area contributed by atoms with Crippen LogP contribution in [0.1, 0.15) is 0 Å². The molecule has 0 spiro atoms. The van der Waals surface area contributed by atoms with Crippen LogP contribution >= 0.6 is 8.25 Å². The Balaban J connectivity index is 2.81. The minimum atomic E-state index is -4.41. The molecule has 0 saturated carbocycles. The van der Waals surface area contributed by atoms with Crippen molar-refractivity contribution in [2.24, 2.45) is 0 Å². The van der Waals surface area contributed by atoms with Crippen molar-refractivity contribution in [1.29, 1.82) is 0 Å². The summed E-state index contributed by atoms with van der Waals surface area (Å²) in [5, 5.41) is 0. The van der Waals surface area contributed by atoms with Crippen LogP contribution in [0, 0.1) is 0 Å². The average Bonchev–Trinajstić information content (AvgIpc) is 2.03. The van der Waals surface area contributed by atoms with Crippen LogP contribution in [0.2, 0.25) is 0 Å². The molecule has 0 amide bonds. The number of halogens is 1. The van der Waals surface area contributed by atoms with Crippen molar-refractivity contribution in [3.05, 3.63) is 24.3 Å². The van der Waals surface area contributed by atoms with E-state index < -0.39 is 33.7 Å². The molecule has 0 saturated heterocycles. The standard InChI is InChI=1S/C6H5O4S.ClH.Hg/c7-11(8,9)10-6-4-2-1-3-5-6;;/h2-5H,(H,7,8,9);1H;/q;;+1/p-1. The van der Waals surface area contributed by atoms with Gasteiger partial charge in [-0.2, -0.15) is 0 Å². The molecule has 1 N–H and O–H groups in total. The first-order valence-corrected chi connectivity index (χ1v) is 14.2. The van der Waals surface area contributed by atoms with Crippen LogP contribution in [0.15, 0.2) is 24.3 Å². The van der Waals surface area contributed by atoms with Gasteiger partial charge in [0.25, 0.3) is 0 Å². The van der Waals surface area contributed by atoms with Gasteiger partial charge in [-0.1, -0.05) is 0 Å². The molecule has 0 unspecified atom stereocenters. The van der Waals surface area contributed by atoms with Crippen LogP contribution in [-0.4, -0.2) is 13.0 Å². The molecule has 0 atom stereocenters. The monoisotopic (exact) mass is 410 g/mol. The Morgan fingerprint density at radius 3 is 2.23 bits per heavy atom. The van der Waals surface area contributed by atoms with Crippen LogP contribution in [0.5, 0.6) is 5.75 Å². The summed E-state index contributed by atoms with van der Waals surface area (Å²) in [4.78, 5) is 0. The van der Waals surface area contributed by atoms with Crippen LogP contribution in [0.4, 0.5) is 0 Å². The maximum atomic E-state index is 10.3. The molecular weight excluding hydrogens is 404 g/mol. The zero-order valence-corrected chi connectivity index (χ0v) is 13.5. The van der Waals surface area contributed by atoms with E-state index in [0.717, 1.165) is 3.07 Å². The van der Waals surface area contributed by atoms with Gasteiger partial charge in [0, 0.05) is 0 Å². The fourth-order valence-corrected chi connectivity index (χ4v) is 4.28. The van der Waals surface area contributed by atoms with Crippen molar-refractivity contribution in [3.8, 4) is 5.75 Å². The van der Waals surface area contributed by atoms with E-state index in [2.05, 4.69) is 4.18 Å². The molecule has 7 heteroatoms. The van der Waals surface area contributed by atoms with E-state index in [1.54, 1.807) is 12.1 Å². The summed E-state index contributed by atoms with van der Waals surface area (Å²) in [5.74, 6) is 0.0877. The molecular formula is C6H5ClHgO4S. The van der Waals surface area contributed by atoms with Crippen molar-refractivity contribution in [1.82, 2.24) is 0 Å². The quantitative estimate of drug-likeness (QED) is 0.591. The topological polar surface area (TPSA) is 63.6 Å². The molecule has 0 aliphatic heterocycles. The van der Waals surface area contributed by atoms with Crippen molar-refractivity contribution in [2.45, 2.75) is 0 Å². The van der Waals surface area contributed by atoms with Gasteiger partial charge in [0.15, 0.2) is 0 Å². The van der Waals surface area contributed by atoms with Crippen molar-refractivity contribution >= 4 is 21.7 Å². The second kappa shape index (κ2) is 4.59. The Bertz CT molecular complexity index is 374. The van der Waals surface area contributed by atoms with Crippen LogP contribution in [0.3, 0.4) is 0 Å². The second-order valence-electron chi connectivity index (χ2n) is 2.29. The third-order valence-electron chi connectivity index (χ3n) is 1.28. The summed E-state index contributed by atoms with van der Waals surface area (Å²) < 4.78 is 34.2. The van der Waals surface area contributed by atoms with Crippen molar-refractivity contribution < 1.29 is 40.5 Å². The Morgan fingerprint density at radius 1 is 1.31 bits per heavy atom. The Labute approximate surface area is 91.7 Å². The van der Waals surface area contributed by atoms with Crippen LogP contribution in [0.25, 0.3) is 0 Å². The zero-order chi connectivity index (χ0) is 9.90. The van der Waals surface area contributed by atoms with Crippen molar-refractivity contribution in [3.63, 3.8) is 0 Å². The predicted molar refractivity (Wildman–Crippen MR) is 44.1 cm³/mol. The van der Waals surface area contributed by atoms with Gasteiger partial charge in [-0.15, -0.1) is 0 Å². The van der Waals surface area contributed by atoms with E-state index in [1.165, 1.54) is 12.1 Å². The molecule has 13 heavy (non-hydrogen) atoms. The Morgan fingerprint density at radius 2 is 1.85 bits per heavy atom. The summed E-state index contributed by atoms with van der Waals surface area (Å²) in [7, 11) is 1.31. The molecule has 68 valence electrons. The normalized spacial score (nSPS) is 10.6. The van der Waals surface area contributed by atoms with Crippen molar-refractivity contribution in [2.75, 3.05) is 0 Å². The van der Waals surface area contributed by atoms with E-state index in [4.69, 9.17) is 12.8 Å². The molecule has 0 fully saturated rings. The molecule has 1 rings (SSSR count). The number of hydrogen-bond donors (Lipinski definition) is 1. The fraction of sp³-hybridized carbons (Fsp3) is 0. The van der Waals surface area contributed by atoms with Crippen LogP contribution in [-0.2, 0) is 33.7 Å². The zero-order valence-electron chi connectivity index (χ0n) is 6.47. The predicted octanol–water partition coefficient (Wildman–Crippen LogP) is 0.730. The van der Waals surface area contributed by atoms with Gasteiger partial charge >= 0.3 is 92.2 Å². The van der Waals surface area contributed by atoms with Gasteiger partial charge in [0.2, 0.25) is 0 Å². The summed E-state index contributed by atoms with van der Waals surface area (Å²) >= 11 is -1.42. The molecule has 0 bridgehead atoms. The first-order chi connectivity index (χ1) is 6.01. The number of rotatable bonds is 3. The maximum absolute atomic E-state index is 10.3. The molecule has 0 aromatic heterocycles. The summed E-state index contributed by atoms with van der Waals surface area (Å²) in [6.07, 6.45) is 0. The van der Waals surface area contributed by atoms with E-state index in [0.29, 0.717) is 0 Å². The van der Waals surface area contributed by atoms with Gasteiger partial charge < -0.3 is 0 Å². The molecule has 0 aliphatic rings. The SMILES string of the molecule is O=S(=O)(O)Oc1cc[c]([Hg][Cl])cc1. The van der Waals surface area contributed by atoms with E-state index in [-0.39, 0.29) is 5.75 Å². The van der Waals surface area contributed by atoms with Gasteiger partial charge in [0.1, 0.15) is 0 Å². The Kier molecular flexibility index (Phi) is 3.96. The summed E-state index contributed by atoms with van der Waals surface area (Å²) in [5.41, 5.74) is 0. The third-order valence-corrected chi connectivity index (χ3v) is 7.42. The van der Waals surface area contributed by atoms with Gasteiger partial charge in [0.05, 0.1) is 0 Å². The van der Waals surface area contributed by atoms with Crippen LogP contribution < -0.4 is 7.26 Å². The molecule has 1 aromatic rings. The first kappa shape index (κ1) is 11.2. The second-order valence-corrected chi connectivity index (χ2v) is 9.87. The number of benzene rings is 1. The average molecular weight is 409 g/mol. The fourth-order valence-electron chi connectivity index (χ4n) is 0.756. The first-order valence-electron chi connectivity index (χ1n) is 3.33. The summed E-state index contributed by atoms with van der Waals surface area (Å²) in [6, 6.07) is 6.33. The molecule has 0 heterocycles. The van der Waals surface area contributed by atoms with Gasteiger partial charge in [-0.3, -0.25) is 0 Å². The van der Waals surface area contributed by atoms with E-state index in [9.17, 15) is 8.42 Å². The third kappa shape index (κ3) is 4.26. The number of hydrogen-bond acceptors (Lipinski definition) is 3. The molecule has 0 aliphatic carbocycles. The minimum absolute atomic E-state index is 0.0877. The molecule has 1 aromatic carbocycles. The molecule has 0 radical (unpaired) electrons. The molecule has 4 nitrogen and oxygen atoms in total. The van der Waals surface area contributed by atoms with E-state index >= 15 is 0 Å². The Hall–Kier alpha value is 0.155. The summed E-state index contributed by atoms with van der Waals surface area (Å²) in [6.45, 7) is 0. The van der Waals surface area contributed by atoms with E-state index in [1.807, 2.05) is 0 Å². The van der Waals surface area contributed by atoms with Gasteiger partial charge in [-0.05, 0) is 0 Å². The van der Waals surface area contributed by atoms with Gasteiger partial charge in [-0.25, -0.2) is 0 Å².